The zero-order chi connectivity index (χ0) is 19.1. The summed E-state index contributed by atoms with van der Waals surface area (Å²) < 4.78 is 7.49. The maximum absolute atomic E-state index is 13.5. The minimum absolute atomic E-state index is 0.0758. The lowest BCUT2D eigenvalue weighted by Gasteiger charge is -2.31. The SMILES string of the molecule is COc1ccc(C)cc1-c1csc2nc(C)n(C3CCN(C)CC3)c(=O)c12. The molecule has 3 aromatic rings. The zero-order valence-electron chi connectivity index (χ0n) is 16.3. The highest BCUT2D eigenvalue weighted by Gasteiger charge is 2.24. The number of benzene rings is 1. The van der Waals surface area contributed by atoms with Crippen LogP contribution in [0.15, 0.2) is 28.4 Å². The second-order valence-electron chi connectivity index (χ2n) is 7.40. The summed E-state index contributed by atoms with van der Waals surface area (Å²) >= 11 is 1.53. The Bertz CT molecular complexity index is 1050. The standard InChI is InChI=1S/C21H25N3O2S/c1-13-5-6-18(26-4)16(11-13)17-12-27-20-19(17)21(25)24(14(2)22-20)15-7-9-23(3)10-8-15/h5-6,11-12,15H,7-10H2,1-4H3. The lowest BCUT2D eigenvalue weighted by Crippen LogP contribution is -2.36. The van der Waals surface area contributed by atoms with E-state index in [1.165, 1.54) is 11.3 Å². The van der Waals surface area contributed by atoms with Crippen LogP contribution in [0.4, 0.5) is 0 Å². The van der Waals surface area contributed by atoms with E-state index in [0.717, 1.165) is 59.0 Å². The van der Waals surface area contributed by atoms with Gasteiger partial charge < -0.3 is 9.64 Å². The van der Waals surface area contributed by atoms with Gasteiger partial charge in [-0.1, -0.05) is 11.6 Å². The normalized spacial score (nSPS) is 16.1. The number of piperidine rings is 1. The van der Waals surface area contributed by atoms with Crippen molar-refractivity contribution in [1.82, 2.24) is 14.5 Å². The second-order valence-corrected chi connectivity index (χ2v) is 8.26. The molecule has 1 fully saturated rings. The van der Waals surface area contributed by atoms with Crippen molar-refractivity contribution in [1.29, 1.82) is 0 Å². The molecule has 0 N–H and O–H groups in total. The molecule has 0 amide bonds. The van der Waals surface area contributed by atoms with Crippen molar-refractivity contribution < 1.29 is 4.74 Å². The quantitative estimate of drug-likeness (QED) is 0.685. The average Bonchev–Trinajstić information content (AvgIpc) is 3.07. The molecule has 5 nitrogen and oxygen atoms in total. The van der Waals surface area contributed by atoms with Gasteiger partial charge >= 0.3 is 0 Å². The van der Waals surface area contributed by atoms with Crippen LogP contribution in [-0.4, -0.2) is 41.7 Å². The molecule has 0 unspecified atom stereocenters. The zero-order valence-corrected chi connectivity index (χ0v) is 17.1. The summed E-state index contributed by atoms with van der Waals surface area (Å²) in [5.41, 5.74) is 3.10. The first kappa shape index (κ1) is 18.2. The predicted octanol–water partition coefficient (Wildman–Crippen LogP) is 4.02. The number of hydrogen-bond acceptors (Lipinski definition) is 5. The number of aromatic nitrogens is 2. The summed E-state index contributed by atoms with van der Waals surface area (Å²) in [5, 5.41) is 2.75. The van der Waals surface area contributed by atoms with E-state index in [2.05, 4.69) is 24.9 Å². The number of rotatable bonds is 3. The van der Waals surface area contributed by atoms with Gasteiger partial charge in [0.15, 0.2) is 0 Å². The fraction of sp³-hybridized carbons (Fsp3) is 0.429. The smallest absolute Gasteiger partial charge is 0.263 e. The minimum Gasteiger partial charge on any atom is -0.496 e. The molecule has 0 bridgehead atoms. The summed E-state index contributed by atoms with van der Waals surface area (Å²) in [6, 6.07) is 6.29. The third-order valence-corrected chi connectivity index (χ3v) is 6.39. The lowest BCUT2D eigenvalue weighted by atomic mass is 10.0. The largest absolute Gasteiger partial charge is 0.496 e. The van der Waals surface area contributed by atoms with Gasteiger partial charge in [0, 0.05) is 22.5 Å². The van der Waals surface area contributed by atoms with E-state index in [-0.39, 0.29) is 11.6 Å². The molecule has 0 aliphatic carbocycles. The van der Waals surface area contributed by atoms with Crippen molar-refractivity contribution in [3.63, 3.8) is 0 Å². The number of aryl methyl sites for hydroxylation is 2. The highest BCUT2D eigenvalue weighted by atomic mass is 32.1. The Labute approximate surface area is 163 Å². The molecular weight excluding hydrogens is 358 g/mol. The van der Waals surface area contributed by atoms with Crippen LogP contribution < -0.4 is 10.3 Å². The molecule has 1 aromatic carbocycles. The summed E-state index contributed by atoms with van der Waals surface area (Å²) in [6.07, 6.45) is 1.97. The molecule has 0 spiro atoms. The van der Waals surface area contributed by atoms with Gasteiger partial charge in [-0.05, 0) is 59.0 Å². The summed E-state index contributed by atoms with van der Waals surface area (Å²) in [5.74, 6) is 1.60. The van der Waals surface area contributed by atoms with Gasteiger partial charge in [-0.3, -0.25) is 9.36 Å². The van der Waals surface area contributed by atoms with Crippen molar-refractivity contribution in [3.8, 4) is 16.9 Å². The van der Waals surface area contributed by atoms with Gasteiger partial charge in [0.1, 0.15) is 16.4 Å². The minimum atomic E-state index is 0.0758. The Kier molecular flexibility index (Phi) is 4.78. The fourth-order valence-electron chi connectivity index (χ4n) is 4.02. The van der Waals surface area contributed by atoms with E-state index in [9.17, 15) is 4.79 Å². The monoisotopic (exact) mass is 383 g/mol. The number of methoxy groups -OCH3 is 1. The summed E-state index contributed by atoms with van der Waals surface area (Å²) in [6.45, 7) is 6.02. The van der Waals surface area contributed by atoms with Crippen LogP contribution >= 0.6 is 11.3 Å². The van der Waals surface area contributed by atoms with E-state index in [1.54, 1.807) is 7.11 Å². The fourth-order valence-corrected chi connectivity index (χ4v) is 4.99. The van der Waals surface area contributed by atoms with Gasteiger partial charge in [0.05, 0.1) is 12.5 Å². The molecule has 6 heteroatoms. The molecule has 142 valence electrons. The van der Waals surface area contributed by atoms with Gasteiger partial charge in [0.25, 0.3) is 5.56 Å². The molecule has 3 heterocycles. The van der Waals surface area contributed by atoms with E-state index >= 15 is 0 Å². The first-order valence-corrected chi connectivity index (χ1v) is 10.2. The van der Waals surface area contributed by atoms with Crippen LogP contribution in [0.1, 0.15) is 30.3 Å². The highest BCUT2D eigenvalue weighted by Crippen LogP contribution is 2.37. The average molecular weight is 384 g/mol. The predicted molar refractivity (Wildman–Crippen MR) is 111 cm³/mol. The molecule has 27 heavy (non-hydrogen) atoms. The maximum Gasteiger partial charge on any atom is 0.263 e. The van der Waals surface area contributed by atoms with Gasteiger partial charge in [-0.2, -0.15) is 0 Å². The number of fused-ring (bicyclic) bond motifs is 1. The molecule has 0 saturated carbocycles. The van der Waals surface area contributed by atoms with Crippen molar-refractivity contribution in [3.05, 3.63) is 45.3 Å². The molecule has 4 rings (SSSR count). The third kappa shape index (κ3) is 3.17. The van der Waals surface area contributed by atoms with Crippen LogP contribution in [0, 0.1) is 13.8 Å². The molecular formula is C21H25N3O2S. The number of likely N-dealkylation sites (tertiary alicyclic amines) is 1. The maximum atomic E-state index is 13.5. The summed E-state index contributed by atoms with van der Waals surface area (Å²) in [4.78, 5) is 21.4. The van der Waals surface area contributed by atoms with Crippen molar-refractivity contribution in [2.75, 3.05) is 27.2 Å². The van der Waals surface area contributed by atoms with Gasteiger partial charge in [0.2, 0.25) is 0 Å². The number of thiophene rings is 1. The van der Waals surface area contributed by atoms with Crippen LogP contribution in [0.2, 0.25) is 0 Å². The highest BCUT2D eigenvalue weighted by molar-refractivity contribution is 7.17. The first-order valence-electron chi connectivity index (χ1n) is 9.33. The number of ether oxygens (including phenoxy) is 1. The van der Waals surface area contributed by atoms with Crippen molar-refractivity contribution in [2.45, 2.75) is 32.7 Å². The molecule has 1 aliphatic rings. The number of hydrogen-bond donors (Lipinski definition) is 0. The third-order valence-electron chi connectivity index (χ3n) is 5.51. The van der Waals surface area contributed by atoms with E-state index in [1.807, 2.05) is 29.0 Å². The topological polar surface area (TPSA) is 47.4 Å². The Hall–Kier alpha value is -2.18. The van der Waals surface area contributed by atoms with Crippen LogP contribution in [0.3, 0.4) is 0 Å². The Balaban J connectivity index is 1.92. The van der Waals surface area contributed by atoms with Gasteiger partial charge in [-0.15, -0.1) is 11.3 Å². The molecule has 1 saturated heterocycles. The van der Waals surface area contributed by atoms with Crippen LogP contribution in [0.5, 0.6) is 5.75 Å². The van der Waals surface area contributed by atoms with Gasteiger partial charge in [-0.25, -0.2) is 4.98 Å². The van der Waals surface area contributed by atoms with Crippen LogP contribution in [0.25, 0.3) is 21.3 Å². The Morgan fingerprint density at radius 1 is 1.19 bits per heavy atom. The van der Waals surface area contributed by atoms with Crippen molar-refractivity contribution in [2.24, 2.45) is 0 Å². The van der Waals surface area contributed by atoms with E-state index < -0.39 is 0 Å². The van der Waals surface area contributed by atoms with E-state index in [0.29, 0.717) is 5.39 Å². The Morgan fingerprint density at radius 3 is 2.63 bits per heavy atom. The Morgan fingerprint density at radius 2 is 1.93 bits per heavy atom. The van der Waals surface area contributed by atoms with E-state index in [4.69, 9.17) is 9.72 Å². The lowest BCUT2D eigenvalue weighted by molar-refractivity contribution is 0.216. The molecule has 0 radical (unpaired) electrons. The van der Waals surface area contributed by atoms with Crippen molar-refractivity contribution >= 4 is 21.6 Å². The van der Waals surface area contributed by atoms with Crippen LogP contribution in [-0.2, 0) is 0 Å². The molecule has 2 aromatic heterocycles. The summed E-state index contributed by atoms with van der Waals surface area (Å²) in [7, 11) is 3.80. The molecule has 1 aliphatic heterocycles. The first-order chi connectivity index (χ1) is 13.0. The second kappa shape index (κ2) is 7.09. The number of nitrogens with zero attached hydrogens (tertiary/aromatic N) is 3. The molecule has 0 atom stereocenters.